The van der Waals surface area contributed by atoms with Crippen LogP contribution in [0.15, 0.2) is 64.8 Å². The van der Waals surface area contributed by atoms with E-state index in [9.17, 15) is 9.59 Å². The summed E-state index contributed by atoms with van der Waals surface area (Å²) in [5, 5.41) is 4.75. The minimum Gasteiger partial charge on any atom is -0.493 e. The van der Waals surface area contributed by atoms with Crippen LogP contribution in [0.25, 0.3) is 10.2 Å². The molecule has 4 aromatic rings. The lowest BCUT2D eigenvalue weighted by atomic mass is 9.97. The van der Waals surface area contributed by atoms with Crippen LogP contribution in [0.1, 0.15) is 47.4 Å². The Balaban J connectivity index is 1.22. The maximum atomic E-state index is 13.2. The molecule has 1 amide bonds. The van der Waals surface area contributed by atoms with Crippen LogP contribution >= 0.6 is 11.3 Å². The Kier molecular flexibility index (Phi) is 7.83. The quantitative estimate of drug-likeness (QED) is 0.251. The van der Waals surface area contributed by atoms with E-state index < -0.39 is 11.9 Å². The van der Waals surface area contributed by atoms with Crippen molar-refractivity contribution in [3.8, 4) is 11.5 Å². The van der Waals surface area contributed by atoms with Crippen molar-refractivity contribution in [1.29, 1.82) is 0 Å². The van der Waals surface area contributed by atoms with E-state index in [1.807, 2.05) is 30.3 Å². The highest BCUT2D eigenvalue weighted by Crippen LogP contribution is 2.33. The number of nitrogens with zero attached hydrogens (tertiary/aromatic N) is 3. The Morgan fingerprint density at radius 2 is 2.00 bits per heavy atom. The van der Waals surface area contributed by atoms with Crippen LogP contribution < -0.4 is 20.5 Å². The van der Waals surface area contributed by atoms with Crippen molar-refractivity contribution in [1.82, 2.24) is 15.0 Å². The van der Waals surface area contributed by atoms with Crippen molar-refractivity contribution >= 4 is 33.7 Å². The minimum atomic E-state index is -0.759. The first-order valence-corrected chi connectivity index (χ1v) is 13.6. The number of aromatic nitrogens is 2. The fourth-order valence-corrected chi connectivity index (χ4v) is 5.85. The summed E-state index contributed by atoms with van der Waals surface area (Å²) in [5.41, 5.74) is 5.41. The third-order valence-electron chi connectivity index (χ3n) is 6.76. The maximum absolute atomic E-state index is 13.2. The maximum Gasteiger partial charge on any atom is 0.263 e. The molecule has 1 aliphatic carbocycles. The van der Waals surface area contributed by atoms with E-state index in [4.69, 9.17) is 9.47 Å². The number of carbonyl (C=O) groups is 1. The standard InChI is InChI=1S/C29H30N4O4S/c1-19(33-18-30-28-26(29(33)35)22-10-6-7-11-25(22)38-28)27(34)32-31-17-21-12-13-23(24(16-21)36-2)37-15-14-20-8-4-3-5-9-20/h3-5,8-9,12-13,16-19H,6-7,10-11,14-15H2,1-2H3,(H,32,34). The topological polar surface area (TPSA) is 94.8 Å². The second kappa shape index (κ2) is 11.6. The second-order valence-corrected chi connectivity index (χ2v) is 10.3. The highest BCUT2D eigenvalue weighted by Gasteiger charge is 2.23. The zero-order valence-corrected chi connectivity index (χ0v) is 22.3. The molecule has 2 aromatic heterocycles. The normalized spacial score (nSPS) is 13.8. The van der Waals surface area contributed by atoms with Gasteiger partial charge in [-0.2, -0.15) is 5.10 Å². The van der Waals surface area contributed by atoms with Gasteiger partial charge < -0.3 is 9.47 Å². The number of hydrazone groups is 1. The molecule has 196 valence electrons. The molecule has 38 heavy (non-hydrogen) atoms. The Bertz CT molecular complexity index is 1530. The summed E-state index contributed by atoms with van der Waals surface area (Å²) in [6.07, 6.45) is 7.87. The van der Waals surface area contributed by atoms with Crippen LogP contribution in [-0.4, -0.2) is 35.4 Å². The predicted octanol–water partition coefficient (Wildman–Crippen LogP) is 4.68. The summed E-state index contributed by atoms with van der Waals surface area (Å²) in [4.78, 5) is 32.5. The summed E-state index contributed by atoms with van der Waals surface area (Å²) in [6.45, 7) is 2.19. The third kappa shape index (κ3) is 5.47. The molecule has 1 aliphatic rings. The number of benzene rings is 2. The molecule has 0 aliphatic heterocycles. The first-order valence-electron chi connectivity index (χ1n) is 12.7. The molecule has 0 bridgehead atoms. The smallest absolute Gasteiger partial charge is 0.263 e. The first kappa shape index (κ1) is 25.7. The largest absolute Gasteiger partial charge is 0.493 e. The lowest BCUT2D eigenvalue weighted by molar-refractivity contribution is -0.123. The summed E-state index contributed by atoms with van der Waals surface area (Å²) >= 11 is 1.59. The number of hydrogen-bond donors (Lipinski definition) is 1. The van der Waals surface area contributed by atoms with Gasteiger partial charge in [0, 0.05) is 11.3 Å². The number of nitrogens with one attached hydrogen (secondary N) is 1. The molecular formula is C29H30N4O4S. The summed E-state index contributed by atoms with van der Waals surface area (Å²) in [5.74, 6) is 0.810. The van der Waals surface area contributed by atoms with Crippen LogP contribution in [0.3, 0.4) is 0 Å². The average Bonchev–Trinajstić information content (AvgIpc) is 3.33. The van der Waals surface area contributed by atoms with Crippen molar-refractivity contribution in [2.24, 2.45) is 5.10 Å². The molecule has 5 rings (SSSR count). The lowest BCUT2D eigenvalue weighted by Gasteiger charge is -2.14. The fourth-order valence-electron chi connectivity index (χ4n) is 4.63. The number of aryl methyl sites for hydroxylation is 2. The van der Waals surface area contributed by atoms with Gasteiger partial charge in [0.2, 0.25) is 0 Å². The molecule has 0 fully saturated rings. The van der Waals surface area contributed by atoms with Gasteiger partial charge >= 0.3 is 0 Å². The lowest BCUT2D eigenvalue weighted by Crippen LogP contribution is -2.34. The summed E-state index contributed by atoms with van der Waals surface area (Å²) in [7, 11) is 1.58. The van der Waals surface area contributed by atoms with Gasteiger partial charge in [-0.05, 0) is 67.5 Å². The Morgan fingerprint density at radius 3 is 2.82 bits per heavy atom. The van der Waals surface area contributed by atoms with E-state index >= 15 is 0 Å². The van der Waals surface area contributed by atoms with E-state index in [0.29, 0.717) is 23.5 Å². The molecule has 9 heteroatoms. The minimum absolute atomic E-state index is 0.173. The molecule has 8 nitrogen and oxygen atoms in total. The number of methoxy groups -OCH3 is 1. The van der Waals surface area contributed by atoms with Crippen molar-refractivity contribution in [3.05, 3.63) is 86.8 Å². The molecule has 2 aromatic carbocycles. The zero-order chi connectivity index (χ0) is 26.5. The molecule has 0 radical (unpaired) electrons. The van der Waals surface area contributed by atoms with E-state index in [1.54, 1.807) is 31.4 Å². The number of thiophene rings is 1. The zero-order valence-electron chi connectivity index (χ0n) is 21.5. The number of amides is 1. The van der Waals surface area contributed by atoms with Crippen LogP contribution in [0, 0.1) is 0 Å². The van der Waals surface area contributed by atoms with Crippen molar-refractivity contribution in [2.75, 3.05) is 13.7 Å². The van der Waals surface area contributed by atoms with Gasteiger partial charge in [0.05, 0.1) is 31.6 Å². The van der Waals surface area contributed by atoms with E-state index in [-0.39, 0.29) is 5.56 Å². The average molecular weight is 531 g/mol. The number of hydrogen-bond acceptors (Lipinski definition) is 7. The molecule has 2 heterocycles. The monoisotopic (exact) mass is 530 g/mol. The van der Waals surface area contributed by atoms with Crippen molar-refractivity contribution in [3.63, 3.8) is 0 Å². The molecule has 0 saturated carbocycles. The number of ether oxygens (including phenoxy) is 2. The summed E-state index contributed by atoms with van der Waals surface area (Å²) in [6, 6.07) is 14.8. The van der Waals surface area contributed by atoms with Gasteiger partial charge in [0.1, 0.15) is 10.9 Å². The Hall–Kier alpha value is -3.98. The first-order chi connectivity index (χ1) is 18.5. The van der Waals surface area contributed by atoms with Crippen LogP contribution in [0.2, 0.25) is 0 Å². The van der Waals surface area contributed by atoms with Crippen molar-refractivity contribution in [2.45, 2.75) is 45.1 Å². The van der Waals surface area contributed by atoms with E-state index in [1.165, 1.54) is 27.5 Å². The van der Waals surface area contributed by atoms with E-state index in [0.717, 1.165) is 48.1 Å². The molecule has 0 spiro atoms. The van der Waals surface area contributed by atoms with Gasteiger partial charge in [-0.25, -0.2) is 10.4 Å². The highest BCUT2D eigenvalue weighted by molar-refractivity contribution is 7.18. The Labute approximate surface area is 224 Å². The van der Waals surface area contributed by atoms with E-state index in [2.05, 4.69) is 27.6 Å². The number of carbonyl (C=O) groups excluding carboxylic acids is 1. The SMILES string of the molecule is COc1cc(C=NNC(=O)C(C)n2cnc3sc4c(c3c2=O)CCCC4)ccc1OCCc1ccccc1. The molecule has 1 atom stereocenters. The van der Waals surface area contributed by atoms with Crippen LogP contribution in [0.5, 0.6) is 11.5 Å². The Morgan fingerprint density at radius 1 is 1.18 bits per heavy atom. The van der Waals surface area contributed by atoms with Crippen LogP contribution in [0.4, 0.5) is 0 Å². The van der Waals surface area contributed by atoms with Gasteiger partial charge in [-0.15, -0.1) is 11.3 Å². The molecule has 1 unspecified atom stereocenters. The van der Waals surface area contributed by atoms with Gasteiger partial charge in [0.15, 0.2) is 11.5 Å². The molecular weight excluding hydrogens is 500 g/mol. The van der Waals surface area contributed by atoms with Gasteiger partial charge in [0.25, 0.3) is 11.5 Å². The van der Waals surface area contributed by atoms with Gasteiger partial charge in [-0.3, -0.25) is 14.2 Å². The highest BCUT2D eigenvalue weighted by atomic mass is 32.1. The predicted molar refractivity (Wildman–Crippen MR) is 150 cm³/mol. The fraction of sp³-hybridized carbons (Fsp3) is 0.310. The molecule has 0 saturated heterocycles. The summed E-state index contributed by atoms with van der Waals surface area (Å²) < 4.78 is 12.8. The van der Waals surface area contributed by atoms with Crippen molar-refractivity contribution < 1.29 is 14.3 Å². The van der Waals surface area contributed by atoms with Crippen LogP contribution in [-0.2, 0) is 24.1 Å². The third-order valence-corrected chi connectivity index (χ3v) is 7.96. The number of rotatable bonds is 9. The number of fused-ring (bicyclic) bond motifs is 3. The van der Waals surface area contributed by atoms with Gasteiger partial charge in [-0.1, -0.05) is 30.3 Å². The second-order valence-electron chi connectivity index (χ2n) is 9.25. The molecule has 1 N–H and O–H groups in total.